The van der Waals surface area contributed by atoms with Crippen LogP contribution in [-0.2, 0) is 25.5 Å². The van der Waals surface area contributed by atoms with E-state index < -0.39 is 29.9 Å². The molecule has 7 heteroatoms. The van der Waals surface area contributed by atoms with Crippen molar-refractivity contribution in [1.29, 1.82) is 0 Å². The second kappa shape index (κ2) is 12.9. The minimum absolute atomic E-state index is 0.150. The molecule has 0 aliphatic heterocycles. The highest BCUT2D eigenvalue weighted by atomic mass is 16.5. The van der Waals surface area contributed by atoms with Crippen LogP contribution in [0.3, 0.4) is 0 Å². The van der Waals surface area contributed by atoms with Gasteiger partial charge in [-0.25, -0.2) is 4.79 Å². The van der Waals surface area contributed by atoms with Crippen molar-refractivity contribution in [1.82, 2.24) is 15.6 Å². The minimum Gasteiger partial charge on any atom is -0.467 e. The van der Waals surface area contributed by atoms with Crippen LogP contribution in [0, 0.1) is 5.92 Å². The topological polar surface area (TPSA) is 100 Å². The van der Waals surface area contributed by atoms with Crippen LogP contribution in [0.25, 0.3) is 10.9 Å². The molecule has 0 aliphatic rings. The third kappa shape index (κ3) is 6.93. The number of fused-ring (bicyclic) bond motifs is 1. The largest absolute Gasteiger partial charge is 0.467 e. The quantitative estimate of drug-likeness (QED) is 0.247. The van der Waals surface area contributed by atoms with Crippen LogP contribution in [0.15, 0.2) is 91.1 Å². The normalized spacial score (nSPS) is 12.7. The van der Waals surface area contributed by atoms with Gasteiger partial charge in [0.1, 0.15) is 12.1 Å². The van der Waals surface area contributed by atoms with Crippen molar-refractivity contribution in [3.8, 4) is 0 Å². The molecule has 0 radical (unpaired) electrons. The van der Waals surface area contributed by atoms with Crippen molar-refractivity contribution in [3.05, 3.63) is 108 Å². The zero-order valence-corrected chi connectivity index (χ0v) is 22.5. The number of nitrogens with one attached hydrogen (secondary N) is 3. The molecule has 1 heterocycles. The summed E-state index contributed by atoms with van der Waals surface area (Å²) in [6.45, 7) is 3.94. The zero-order chi connectivity index (χ0) is 27.8. The fourth-order valence-electron chi connectivity index (χ4n) is 4.87. The zero-order valence-electron chi connectivity index (χ0n) is 22.5. The molecule has 0 unspecified atom stereocenters. The molecular weight excluding hydrogens is 490 g/mol. The SMILES string of the molecule is COC(=O)[C@@H](CC(C)C)NC(=O)[C@@H](Cc1c[nH]c2ccccc12)NC(=O)C(c1ccccc1)c1ccccc1. The third-order valence-electron chi connectivity index (χ3n) is 6.77. The van der Waals surface area contributed by atoms with E-state index >= 15 is 0 Å². The number of carbonyl (C=O) groups is 3. The molecule has 0 bridgehead atoms. The number of esters is 1. The Balaban J connectivity index is 1.66. The monoisotopic (exact) mass is 525 g/mol. The Bertz CT molecular complexity index is 1360. The van der Waals surface area contributed by atoms with Gasteiger partial charge in [-0.2, -0.15) is 0 Å². The van der Waals surface area contributed by atoms with E-state index in [-0.39, 0.29) is 18.2 Å². The van der Waals surface area contributed by atoms with Crippen molar-refractivity contribution in [2.75, 3.05) is 7.11 Å². The summed E-state index contributed by atoms with van der Waals surface area (Å²) in [4.78, 5) is 43.3. The van der Waals surface area contributed by atoms with Crippen LogP contribution in [0.5, 0.6) is 0 Å². The highest BCUT2D eigenvalue weighted by molar-refractivity contribution is 5.94. The van der Waals surface area contributed by atoms with Gasteiger partial charge >= 0.3 is 5.97 Å². The highest BCUT2D eigenvalue weighted by Gasteiger charge is 2.31. The summed E-state index contributed by atoms with van der Waals surface area (Å²) in [7, 11) is 1.30. The van der Waals surface area contributed by atoms with Gasteiger partial charge in [0.05, 0.1) is 13.0 Å². The van der Waals surface area contributed by atoms with Gasteiger partial charge in [-0.3, -0.25) is 9.59 Å². The number of carbonyl (C=O) groups excluding carboxylic acids is 3. The van der Waals surface area contributed by atoms with Crippen LogP contribution < -0.4 is 10.6 Å². The lowest BCUT2D eigenvalue weighted by Gasteiger charge is -2.25. The van der Waals surface area contributed by atoms with Crippen molar-refractivity contribution >= 4 is 28.7 Å². The summed E-state index contributed by atoms with van der Waals surface area (Å²) in [5, 5.41) is 6.83. The van der Waals surface area contributed by atoms with Crippen molar-refractivity contribution < 1.29 is 19.1 Å². The Labute approximate surface area is 229 Å². The Hall–Kier alpha value is -4.39. The average Bonchev–Trinajstić information content (AvgIpc) is 3.35. The molecule has 0 aliphatic carbocycles. The van der Waals surface area contributed by atoms with Crippen LogP contribution >= 0.6 is 0 Å². The minimum atomic E-state index is -0.925. The first-order valence-electron chi connectivity index (χ1n) is 13.2. The molecule has 39 heavy (non-hydrogen) atoms. The molecule has 2 amide bonds. The second-order valence-electron chi connectivity index (χ2n) is 10.1. The number of H-pyrrole nitrogens is 1. The first-order chi connectivity index (χ1) is 18.9. The predicted octanol–water partition coefficient (Wildman–Crippen LogP) is 4.73. The Morgan fingerprint density at radius 2 is 1.33 bits per heavy atom. The van der Waals surface area contributed by atoms with E-state index in [2.05, 4.69) is 15.6 Å². The Kier molecular flexibility index (Phi) is 9.15. The van der Waals surface area contributed by atoms with Crippen molar-refractivity contribution in [3.63, 3.8) is 0 Å². The third-order valence-corrected chi connectivity index (χ3v) is 6.77. The standard InChI is InChI=1S/C32H35N3O4/c1-21(2)18-28(32(38)39-3)35-30(36)27(19-24-20-33-26-17-11-10-16-25(24)26)34-31(37)29(22-12-6-4-7-13-22)23-14-8-5-9-15-23/h4-17,20-21,27-29,33H,18-19H2,1-3H3,(H,34,37)(H,35,36)/t27-,28-/m1/s1. The molecule has 2 atom stereocenters. The Morgan fingerprint density at radius 3 is 1.92 bits per heavy atom. The van der Waals surface area contributed by atoms with E-state index in [1.165, 1.54) is 7.11 Å². The second-order valence-corrected chi connectivity index (χ2v) is 10.1. The van der Waals surface area contributed by atoms with Gasteiger partial charge < -0.3 is 20.4 Å². The van der Waals surface area contributed by atoms with Gasteiger partial charge in [0, 0.05) is 23.5 Å². The summed E-state index contributed by atoms with van der Waals surface area (Å²) in [6.07, 6.45) is 2.52. The Morgan fingerprint density at radius 1 is 0.769 bits per heavy atom. The summed E-state index contributed by atoms with van der Waals surface area (Å²) in [6, 6.07) is 25.1. The number of aromatic nitrogens is 1. The summed E-state index contributed by atoms with van der Waals surface area (Å²) in [5.41, 5.74) is 3.47. The fourth-order valence-corrected chi connectivity index (χ4v) is 4.87. The molecule has 0 spiro atoms. The molecular formula is C32H35N3O4. The number of methoxy groups -OCH3 is 1. The lowest BCUT2D eigenvalue weighted by molar-refractivity contribution is -0.145. The van der Waals surface area contributed by atoms with E-state index in [0.717, 1.165) is 27.6 Å². The number of amides is 2. The molecule has 4 aromatic rings. The molecule has 3 aromatic carbocycles. The van der Waals surface area contributed by atoms with Crippen molar-refractivity contribution in [2.24, 2.45) is 5.92 Å². The van der Waals surface area contributed by atoms with Gasteiger partial charge in [0.2, 0.25) is 11.8 Å². The van der Waals surface area contributed by atoms with E-state index in [1.807, 2.05) is 105 Å². The van der Waals surface area contributed by atoms with Crippen LogP contribution in [0.1, 0.15) is 42.9 Å². The number of hydrogen-bond acceptors (Lipinski definition) is 4. The fraction of sp³-hybridized carbons (Fsp3) is 0.281. The molecule has 0 saturated heterocycles. The van der Waals surface area contributed by atoms with Crippen LogP contribution in [0.2, 0.25) is 0 Å². The number of ether oxygens (including phenoxy) is 1. The first kappa shape index (κ1) is 27.6. The van der Waals surface area contributed by atoms with Gasteiger partial charge in [0.15, 0.2) is 0 Å². The average molecular weight is 526 g/mol. The number of benzene rings is 3. The molecule has 0 saturated carbocycles. The maximum Gasteiger partial charge on any atom is 0.328 e. The number of para-hydroxylation sites is 1. The van der Waals surface area contributed by atoms with Crippen LogP contribution in [-0.4, -0.2) is 42.0 Å². The molecule has 202 valence electrons. The highest BCUT2D eigenvalue weighted by Crippen LogP contribution is 2.26. The number of hydrogen-bond donors (Lipinski definition) is 3. The number of aromatic amines is 1. The maximum absolute atomic E-state index is 13.9. The van der Waals surface area contributed by atoms with Gasteiger partial charge in [-0.05, 0) is 35.1 Å². The van der Waals surface area contributed by atoms with Gasteiger partial charge in [-0.1, -0.05) is 92.7 Å². The lowest BCUT2D eigenvalue weighted by atomic mass is 9.90. The van der Waals surface area contributed by atoms with E-state index in [9.17, 15) is 14.4 Å². The summed E-state index contributed by atoms with van der Waals surface area (Å²) in [5.74, 6) is -1.72. The molecule has 3 N–H and O–H groups in total. The lowest BCUT2D eigenvalue weighted by Crippen LogP contribution is -2.53. The molecule has 0 fully saturated rings. The van der Waals surface area contributed by atoms with E-state index in [4.69, 9.17) is 4.74 Å². The van der Waals surface area contributed by atoms with Crippen LogP contribution in [0.4, 0.5) is 0 Å². The molecule has 1 aromatic heterocycles. The number of rotatable bonds is 11. The first-order valence-corrected chi connectivity index (χ1v) is 13.2. The maximum atomic E-state index is 13.9. The van der Waals surface area contributed by atoms with E-state index in [1.54, 1.807) is 0 Å². The predicted molar refractivity (Wildman–Crippen MR) is 152 cm³/mol. The smallest absolute Gasteiger partial charge is 0.328 e. The summed E-state index contributed by atoms with van der Waals surface area (Å²) >= 11 is 0. The summed E-state index contributed by atoms with van der Waals surface area (Å²) < 4.78 is 4.95. The van der Waals surface area contributed by atoms with Gasteiger partial charge in [-0.15, -0.1) is 0 Å². The van der Waals surface area contributed by atoms with E-state index in [0.29, 0.717) is 6.42 Å². The van der Waals surface area contributed by atoms with Gasteiger partial charge in [0.25, 0.3) is 0 Å². The van der Waals surface area contributed by atoms with Crippen molar-refractivity contribution in [2.45, 2.75) is 44.7 Å². The molecule has 7 nitrogen and oxygen atoms in total. The molecule has 4 rings (SSSR count).